The first-order chi connectivity index (χ1) is 17.3. The molecule has 0 bridgehead atoms. The molecule has 0 aliphatic rings. The summed E-state index contributed by atoms with van der Waals surface area (Å²) < 4.78 is 34.8. The van der Waals surface area contributed by atoms with Crippen molar-refractivity contribution >= 4 is 43.5 Å². The molecule has 1 amide bonds. The van der Waals surface area contributed by atoms with Gasteiger partial charge in [-0.3, -0.25) is 9.59 Å². The molecule has 0 saturated heterocycles. The van der Waals surface area contributed by atoms with Crippen molar-refractivity contribution < 1.29 is 22.7 Å². The number of fused-ring (bicyclic) bond motifs is 1. The van der Waals surface area contributed by atoms with E-state index in [2.05, 4.69) is 4.99 Å². The van der Waals surface area contributed by atoms with Gasteiger partial charge < -0.3 is 9.30 Å². The van der Waals surface area contributed by atoms with E-state index >= 15 is 0 Å². The van der Waals surface area contributed by atoms with Crippen LogP contribution < -0.4 is 4.80 Å². The summed E-state index contributed by atoms with van der Waals surface area (Å²) in [4.78, 5) is 29.8. The number of carbonyl (C=O) groups is 2. The molecule has 10 heteroatoms. The maximum atomic E-state index is 13.0. The number of carbonyl (C=O) groups excluding carboxylic acids is 2. The number of para-hydroxylation sites is 1. The van der Waals surface area contributed by atoms with E-state index in [1.807, 2.05) is 54.6 Å². The Morgan fingerprint density at radius 3 is 2.33 bits per heavy atom. The van der Waals surface area contributed by atoms with Gasteiger partial charge in [0.25, 0.3) is 5.91 Å². The number of benzene rings is 3. The molecule has 0 aliphatic heterocycles. The lowest BCUT2D eigenvalue weighted by Crippen LogP contribution is -2.26. The average molecular weight is 524 g/mol. The van der Waals surface area contributed by atoms with Crippen LogP contribution in [0, 0.1) is 0 Å². The van der Waals surface area contributed by atoms with E-state index in [0.29, 0.717) is 4.80 Å². The van der Waals surface area contributed by atoms with Gasteiger partial charge in [0.05, 0.1) is 21.7 Å². The minimum Gasteiger partial charge on any atom is -0.465 e. The van der Waals surface area contributed by atoms with Crippen LogP contribution in [-0.2, 0) is 32.6 Å². The lowest BCUT2D eigenvalue weighted by molar-refractivity contribution is -0.143. The number of amides is 1. The number of ether oxygens (including phenoxy) is 1. The Hall–Kier alpha value is -3.60. The molecular formula is C26H25N3O5S2. The monoisotopic (exact) mass is 523 g/mol. The zero-order chi connectivity index (χ0) is 25.7. The molecule has 0 atom stereocenters. The molecule has 1 aromatic heterocycles. The highest BCUT2D eigenvalue weighted by molar-refractivity contribution is 7.89. The Morgan fingerprint density at radius 1 is 0.972 bits per heavy atom. The Labute approximate surface area is 213 Å². The summed E-state index contributed by atoms with van der Waals surface area (Å²) in [7, 11) is -2.23. The number of thiazole rings is 1. The number of rotatable bonds is 8. The van der Waals surface area contributed by atoms with Gasteiger partial charge in [-0.1, -0.05) is 53.8 Å². The van der Waals surface area contributed by atoms with Crippen molar-refractivity contribution in [3.8, 4) is 0 Å². The molecule has 0 unspecified atom stereocenters. The maximum Gasteiger partial charge on any atom is 0.326 e. The van der Waals surface area contributed by atoms with Crippen LogP contribution in [0.2, 0.25) is 0 Å². The third-order valence-corrected chi connectivity index (χ3v) is 8.31. The van der Waals surface area contributed by atoms with Gasteiger partial charge in [0.2, 0.25) is 10.0 Å². The molecule has 186 valence electrons. The molecule has 36 heavy (non-hydrogen) atoms. The van der Waals surface area contributed by atoms with Crippen molar-refractivity contribution in [2.75, 3.05) is 13.7 Å². The topological polar surface area (TPSA) is 98.0 Å². The van der Waals surface area contributed by atoms with Gasteiger partial charge in [0, 0.05) is 19.2 Å². The summed E-state index contributed by atoms with van der Waals surface area (Å²) in [5, 5.41) is 0. The quantitative estimate of drug-likeness (QED) is 0.327. The van der Waals surface area contributed by atoms with E-state index < -0.39 is 21.9 Å². The number of hydrogen-bond acceptors (Lipinski definition) is 6. The molecule has 0 fully saturated rings. The first-order valence-corrected chi connectivity index (χ1v) is 13.5. The van der Waals surface area contributed by atoms with Crippen LogP contribution in [0.5, 0.6) is 0 Å². The molecule has 8 nitrogen and oxygen atoms in total. The zero-order valence-corrected chi connectivity index (χ0v) is 21.5. The average Bonchev–Trinajstić information content (AvgIpc) is 3.21. The highest BCUT2D eigenvalue weighted by Gasteiger charge is 2.21. The summed E-state index contributed by atoms with van der Waals surface area (Å²) in [6, 6.07) is 22.4. The number of esters is 1. The molecule has 4 aromatic rings. The number of nitrogens with zero attached hydrogens (tertiary/aromatic N) is 3. The van der Waals surface area contributed by atoms with Gasteiger partial charge >= 0.3 is 5.97 Å². The molecule has 0 N–H and O–H groups in total. The Kier molecular flexibility index (Phi) is 7.78. The van der Waals surface area contributed by atoms with Crippen molar-refractivity contribution in [2.45, 2.75) is 24.9 Å². The summed E-state index contributed by atoms with van der Waals surface area (Å²) in [5.74, 6) is -0.968. The van der Waals surface area contributed by atoms with E-state index in [1.54, 1.807) is 11.5 Å². The second-order valence-corrected chi connectivity index (χ2v) is 11.0. The van der Waals surface area contributed by atoms with E-state index in [0.717, 1.165) is 15.8 Å². The highest BCUT2D eigenvalue weighted by Crippen LogP contribution is 2.19. The van der Waals surface area contributed by atoms with Crippen molar-refractivity contribution in [2.24, 2.45) is 4.99 Å². The van der Waals surface area contributed by atoms with Gasteiger partial charge in [-0.2, -0.15) is 9.30 Å². The van der Waals surface area contributed by atoms with Crippen LogP contribution in [0.15, 0.2) is 88.8 Å². The lowest BCUT2D eigenvalue weighted by Gasteiger charge is -2.17. The number of aromatic nitrogens is 1. The maximum absolute atomic E-state index is 13.0. The Bertz CT molecular complexity index is 1560. The minimum absolute atomic E-state index is 0.0745. The van der Waals surface area contributed by atoms with Crippen LogP contribution in [-0.4, -0.2) is 42.8 Å². The first-order valence-electron chi connectivity index (χ1n) is 11.2. The molecule has 4 rings (SSSR count). The van der Waals surface area contributed by atoms with Gasteiger partial charge in [-0.05, 0) is 48.9 Å². The molecule has 0 radical (unpaired) electrons. The summed E-state index contributed by atoms with van der Waals surface area (Å²) in [6.45, 7) is 2.13. The highest BCUT2D eigenvalue weighted by atomic mass is 32.2. The van der Waals surface area contributed by atoms with Gasteiger partial charge in [-0.15, -0.1) is 0 Å². The number of sulfonamides is 1. The van der Waals surface area contributed by atoms with Crippen LogP contribution >= 0.6 is 11.3 Å². The van der Waals surface area contributed by atoms with Crippen LogP contribution in [0.25, 0.3) is 10.2 Å². The zero-order valence-electron chi connectivity index (χ0n) is 19.8. The van der Waals surface area contributed by atoms with E-state index in [4.69, 9.17) is 4.74 Å². The molecule has 3 aromatic carbocycles. The summed E-state index contributed by atoms with van der Waals surface area (Å²) >= 11 is 1.28. The Balaban J connectivity index is 1.60. The van der Waals surface area contributed by atoms with Crippen LogP contribution in [0.1, 0.15) is 22.8 Å². The molecule has 1 heterocycles. The third-order valence-electron chi connectivity index (χ3n) is 5.44. The fraction of sp³-hybridized carbons (Fsp3) is 0.192. The van der Waals surface area contributed by atoms with Gasteiger partial charge in [0.15, 0.2) is 4.80 Å². The van der Waals surface area contributed by atoms with Crippen molar-refractivity contribution in [1.29, 1.82) is 0 Å². The van der Waals surface area contributed by atoms with Gasteiger partial charge in [0.1, 0.15) is 6.54 Å². The van der Waals surface area contributed by atoms with Crippen molar-refractivity contribution in [3.63, 3.8) is 0 Å². The van der Waals surface area contributed by atoms with Crippen molar-refractivity contribution in [3.05, 3.63) is 94.8 Å². The lowest BCUT2D eigenvalue weighted by atomic mass is 10.2. The standard InChI is InChI=1S/C26H25N3O5S2/c1-3-34-24(30)18-29-22-11-7-8-12-23(22)35-26(29)27-25(31)20-13-15-21(16-14-20)36(32,33)28(2)17-19-9-5-4-6-10-19/h4-16H,3,17-18H2,1-2H3. The SMILES string of the molecule is CCOC(=O)Cn1c(=NC(=O)c2ccc(S(=O)(=O)N(C)Cc3ccccc3)cc2)sc2ccccc21. The fourth-order valence-electron chi connectivity index (χ4n) is 3.62. The molecular weight excluding hydrogens is 498 g/mol. The second kappa shape index (κ2) is 11.0. The third kappa shape index (κ3) is 5.62. The number of hydrogen-bond donors (Lipinski definition) is 0. The van der Waals surface area contributed by atoms with E-state index in [-0.39, 0.29) is 30.2 Å². The summed E-state index contributed by atoms with van der Waals surface area (Å²) in [5.41, 5.74) is 1.87. The largest absolute Gasteiger partial charge is 0.465 e. The first kappa shape index (κ1) is 25.5. The minimum atomic E-state index is -3.74. The molecule has 0 saturated carbocycles. The van der Waals surface area contributed by atoms with Crippen LogP contribution in [0.4, 0.5) is 0 Å². The summed E-state index contributed by atoms with van der Waals surface area (Å²) in [6.07, 6.45) is 0. The van der Waals surface area contributed by atoms with Crippen LogP contribution in [0.3, 0.4) is 0 Å². The molecule has 0 aliphatic carbocycles. The smallest absolute Gasteiger partial charge is 0.326 e. The second-order valence-electron chi connectivity index (χ2n) is 7.93. The Morgan fingerprint density at radius 2 is 1.64 bits per heavy atom. The molecule has 0 spiro atoms. The fourth-order valence-corrected chi connectivity index (χ4v) is 5.81. The predicted molar refractivity (Wildman–Crippen MR) is 138 cm³/mol. The predicted octanol–water partition coefficient (Wildman–Crippen LogP) is 3.83. The van der Waals surface area contributed by atoms with Gasteiger partial charge in [-0.25, -0.2) is 8.42 Å². The van der Waals surface area contributed by atoms with E-state index in [9.17, 15) is 18.0 Å². The van der Waals surface area contributed by atoms with E-state index in [1.165, 1.54) is 47.0 Å². The van der Waals surface area contributed by atoms with Crippen molar-refractivity contribution in [1.82, 2.24) is 8.87 Å². The normalized spacial score (nSPS) is 12.2.